The molecule has 0 spiro atoms. The molecule has 2 aromatic carbocycles. The third kappa shape index (κ3) is 3.82. The Balaban J connectivity index is 2.08. The molecule has 2 aromatic rings. The van der Waals surface area contributed by atoms with Crippen molar-refractivity contribution in [3.8, 4) is 11.5 Å². The van der Waals surface area contributed by atoms with Crippen LogP contribution in [0.2, 0.25) is 0 Å². The first-order valence-corrected chi connectivity index (χ1v) is 6.45. The van der Waals surface area contributed by atoms with Gasteiger partial charge in [0.15, 0.2) is 0 Å². The van der Waals surface area contributed by atoms with Crippen molar-refractivity contribution < 1.29 is 18.7 Å². The van der Waals surface area contributed by atoms with Crippen LogP contribution in [-0.4, -0.2) is 26.3 Å². The molecule has 6 heteroatoms. The van der Waals surface area contributed by atoms with Crippen LogP contribution in [0.5, 0.6) is 11.5 Å². The predicted molar refractivity (Wildman–Crippen MR) is 81.0 cm³/mol. The smallest absolute Gasteiger partial charge is 0.271 e. The Bertz CT molecular complexity index is 702. The lowest BCUT2D eigenvalue weighted by molar-refractivity contribution is 0.0954. The summed E-state index contributed by atoms with van der Waals surface area (Å²) in [5, 5.41) is 3.84. The second kappa shape index (κ2) is 7.21. The molecular formula is C16H15FN2O3. The molecule has 5 nitrogen and oxygen atoms in total. The van der Waals surface area contributed by atoms with E-state index in [1.807, 2.05) is 0 Å². The van der Waals surface area contributed by atoms with Crippen LogP contribution < -0.4 is 14.9 Å². The Labute approximate surface area is 127 Å². The molecule has 2 rings (SSSR count). The number of carbonyl (C=O) groups excluding carboxylic acids is 1. The number of carbonyl (C=O) groups is 1. The number of hydrogen-bond acceptors (Lipinski definition) is 4. The molecule has 1 N–H and O–H groups in total. The maximum atomic E-state index is 13.0. The molecule has 0 saturated carbocycles. The lowest BCUT2D eigenvalue weighted by Crippen LogP contribution is -2.17. The predicted octanol–water partition coefficient (Wildman–Crippen LogP) is 2.61. The zero-order valence-electron chi connectivity index (χ0n) is 12.2. The van der Waals surface area contributed by atoms with Gasteiger partial charge in [-0.2, -0.15) is 5.10 Å². The van der Waals surface area contributed by atoms with Gasteiger partial charge in [0.05, 0.1) is 20.4 Å². The zero-order chi connectivity index (χ0) is 15.9. The van der Waals surface area contributed by atoms with Gasteiger partial charge in [-0.15, -0.1) is 0 Å². The fraction of sp³-hybridized carbons (Fsp3) is 0.125. The Morgan fingerprint density at radius 2 is 2.00 bits per heavy atom. The summed E-state index contributed by atoms with van der Waals surface area (Å²) < 4.78 is 23.3. The van der Waals surface area contributed by atoms with Crippen molar-refractivity contribution in [3.63, 3.8) is 0 Å². The molecule has 0 bridgehead atoms. The molecule has 0 radical (unpaired) electrons. The van der Waals surface area contributed by atoms with Gasteiger partial charge in [-0.05, 0) is 30.3 Å². The number of benzene rings is 2. The Morgan fingerprint density at radius 1 is 1.18 bits per heavy atom. The highest BCUT2D eigenvalue weighted by Gasteiger charge is 2.06. The van der Waals surface area contributed by atoms with Gasteiger partial charge in [0.2, 0.25) is 0 Å². The highest BCUT2D eigenvalue weighted by molar-refractivity contribution is 5.95. The van der Waals surface area contributed by atoms with E-state index in [0.29, 0.717) is 17.1 Å². The van der Waals surface area contributed by atoms with Crippen molar-refractivity contribution in [2.75, 3.05) is 14.2 Å². The van der Waals surface area contributed by atoms with Crippen LogP contribution in [0.4, 0.5) is 4.39 Å². The summed E-state index contributed by atoms with van der Waals surface area (Å²) >= 11 is 0. The number of ether oxygens (including phenoxy) is 2. The normalized spacial score (nSPS) is 10.5. The van der Waals surface area contributed by atoms with Crippen molar-refractivity contribution in [2.45, 2.75) is 0 Å². The highest BCUT2D eigenvalue weighted by atomic mass is 19.1. The molecule has 0 saturated heterocycles. The third-order valence-electron chi connectivity index (χ3n) is 2.90. The lowest BCUT2D eigenvalue weighted by atomic mass is 10.2. The summed E-state index contributed by atoms with van der Waals surface area (Å²) in [5.41, 5.74) is 3.19. The second-order valence-electron chi connectivity index (χ2n) is 4.32. The minimum atomic E-state index is -0.497. The number of nitrogens with one attached hydrogen (secondary N) is 1. The molecule has 0 unspecified atom stereocenters. The summed E-state index contributed by atoms with van der Waals surface area (Å²) in [6, 6.07) is 10.6. The molecule has 1 amide bonds. The van der Waals surface area contributed by atoms with E-state index in [1.165, 1.54) is 31.5 Å². The fourth-order valence-electron chi connectivity index (χ4n) is 1.78. The van der Waals surface area contributed by atoms with E-state index in [1.54, 1.807) is 25.3 Å². The molecular weight excluding hydrogens is 287 g/mol. The summed E-state index contributed by atoms with van der Waals surface area (Å²) in [7, 11) is 3.08. The fourth-order valence-corrected chi connectivity index (χ4v) is 1.78. The van der Waals surface area contributed by atoms with Gasteiger partial charge in [0, 0.05) is 17.2 Å². The van der Waals surface area contributed by atoms with Gasteiger partial charge >= 0.3 is 0 Å². The zero-order valence-corrected chi connectivity index (χ0v) is 12.2. The number of methoxy groups -OCH3 is 2. The summed E-state index contributed by atoms with van der Waals surface area (Å²) in [4.78, 5) is 11.8. The van der Waals surface area contributed by atoms with Crippen LogP contribution in [-0.2, 0) is 0 Å². The number of rotatable bonds is 5. The van der Waals surface area contributed by atoms with Crippen molar-refractivity contribution in [1.82, 2.24) is 5.43 Å². The van der Waals surface area contributed by atoms with E-state index in [-0.39, 0.29) is 5.56 Å². The maximum absolute atomic E-state index is 13.0. The monoisotopic (exact) mass is 302 g/mol. The van der Waals surface area contributed by atoms with E-state index in [9.17, 15) is 9.18 Å². The van der Waals surface area contributed by atoms with E-state index in [0.717, 1.165) is 6.07 Å². The standard InChI is InChI=1S/C16H15FN2O3/c1-21-14-7-6-12(15(9-14)22-2)10-18-19-16(20)11-4-3-5-13(17)8-11/h3-10H,1-2H3,(H,19,20)/b18-10+. The van der Waals surface area contributed by atoms with Crippen LogP contribution in [0.15, 0.2) is 47.6 Å². The summed E-state index contributed by atoms with van der Waals surface area (Å²) in [6.07, 6.45) is 1.44. The van der Waals surface area contributed by atoms with E-state index < -0.39 is 11.7 Å². The molecule has 0 heterocycles. The third-order valence-corrected chi connectivity index (χ3v) is 2.90. The van der Waals surface area contributed by atoms with Gasteiger partial charge in [-0.1, -0.05) is 6.07 Å². The van der Waals surface area contributed by atoms with Gasteiger partial charge in [0.25, 0.3) is 5.91 Å². The largest absolute Gasteiger partial charge is 0.497 e. The molecule has 0 aliphatic heterocycles. The Morgan fingerprint density at radius 3 is 2.68 bits per heavy atom. The number of hydrogen-bond donors (Lipinski definition) is 1. The Hall–Kier alpha value is -2.89. The number of halogens is 1. The molecule has 0 aliphatic rings. The van der Waals surface area contributed by atoms with Crippen molar-refractivity contribution in [1.29, 1.82) is 0 Å². The average Bonchev–Trinajstić information content (AvgIpc) is 2.54. The minimum absolute atomic E-state index is 0.193. The van der Waals surface area contributed by atoms with Crippen LogP contribution in [0.1, 0.15) is 15.9 Å². The molecule has 22 heavy (non-hydrogen) atoms. The average molecular weight is 302 g/mol. The van der Waals surface area contributed by atoms with Crippen LogP contribution in [0, 0.1) is 5.82 Å². The van der Waals surface area contributed by atoms with Crippen molar-refractivity contribution in [2.24, 2.45) is 5.10 Å². The molecule has 114 valence electrons. The summed E-state index contributed by atoms with van der Waals surface area (Å²) in [6.45, 7) is 0. The molecule has 0 fully saturated rings. The number of nitrogens with zero attached hydrogens (tertiary/aromatic N) is 1. The van der Waals surface area contributed by atoms with Crippen LogP contribution in [0.25, 0.3) is 0 Å². The van der Waals surface area contributed by atoms with E-state index in [4.69, 9.17) is 9.47 Å². The second-order valence-corrected chi connectivity index (χ2v) is 4.32. The highest BCUT2D eigenvalue weighted by Crippen LogP contribution is 2.22. The van der Waals surface area contributed by atoms with Gasteiger partial charge in [-0.3, -0.25) is 4.79 Å². The Kier molecular flexibility index (Phi) is 5.08. The quantitative estimate of drug-likeness (QED) is 0.682. The van der Waals surface area contributed by atoms with Crippen molar-refractivity contribution >= 4 is 12.1 Å². The van der Waals surface area contributed by atoms with E-state index in [2.05, 4.69) is 10.5 Å². The van der Waals surface area contributed by atoms with Crippen LogP contribution in [0.3, 0.4) is 0 Å². The first-order valence-electron chi connectivity index (χ1n) is 6.45. The topological polar surface area (TPSA) is 59.9 Å². The number of hydrazone groups is 1. The van der Waals surface area contributed by atoms with E-state index >= 15 is 0 Å². The molecule has 0 atom stereocenters. The maximum Gasteiger partial charge on any atom is 0.271 e. The van der Waals surface area contributed by atoms with Gasteiger partial charge < -0.3 is 9.47 Å². The van der Waals surface area contributed by atoms with Gasteiger partial charge in [-0.25, -0.2) is 9.82 Å². The van der Waals surface area contributed by atoms with Crippen LogP contribution >= 0.6 is 0 Å². The first-order chi connectivity index (χ1) is 10.6. The molecule has 0 aromatic heterocycles. The number of amides is 1. The van der Waals surface area contributed by atoms with Gasteiger partial charge in [0.1, 0.15) is 17.3 Å². The lowest BCUT2D eigenvalue weighted by Gasteiger charge is -2.06. The summed E-state index contributed by atoms with van der Waals surface area (Å²) in [5.74, 6) is 0.234. The SMILES string of the molecule is COc1ccc(/C=N/NC(=O)c2cccc(F)c2)c(OC)c1. The first kappa shape index (κ1) is 15.5. The molecule has 0 aliphatic carbocycles. The minimum Gasteiger partial charge on any atom is -0.497 e. The van der Waals surface area contributed by atoms with Crippen molar-refractivity contribution in [3.05, 3.63) is 59.4 Å².